The van der Waals surface area contributed by atoms with E-state index in [0.717, 1.165) is 41.7 Å². The number of aryl methyl sites for hydroxylation is 2. The van der Waals surface area contributed by atoms with Crippen molar-refractivity contribution in [3.8, 4) is 28.7 Å². The molecule has 0 amide bonds. The number of hydrogen-bond donors (Lipinski definition) is 0. The third-order valence-electron chi connectivity index (χ3n) is 8.19. The van der Waals surface area contributed by atoms with Crippen molar-refractivity contribution in [3.05, 3.63) is 113 Å². The van der Waals surface area contributed by atoms with E-state index < -0.39 is 5.97 Å². The Morgan fingerprint density at radius 3 is 1.64 bits per heavy atom. The average Bonchev–Trinajstić information content (AvgIpc) is 3.05. The van der Waals surface area contributed by atoms with E-state index >= 15 is 0 Å². The number of carbonyl (C=O) groups excluding carboxylic acids is 2. The Hall–Kier alpha value is -4.58. The van der Waals surface area contributed by atoms with Crippen LogP contribution < -0.4 is 18.9 Å². The zero-order valence-electron chi connectivity index (χ0n) is 27.4. The summed E-state index contributed by atoms with van der Waals surface area (Å²) in [4.78, 5) is 24.9. The highest BCUT2D eigenvalue weighted by Gasteiger charge is 2.16. The molecule has 236 valence electrons. The van der Waals surface area contributed by atoms with Crippen LogP contribution in [0.1, 0.15) is 92.4 Å². The van der Waals surface area contributed by atoms with Crippen molar-refractivity contribution in [2.24, 2.45) is 5.92 Å². The Labute approximate surface area is 267 Å². The Balaban J connectivity index is 1.35. The van der Waals surface area contributed by atoms with Crippen molar-refractivity contribution in [2.45, 2.75) is 79.8 Å². The van der Waals surface area contributed by atoms with Crippen LogP contribution in [0.25, 0.3) is 0 Å². The highest BCUT2D eigenvalue weighted by Crippen LogP contribution is 2.32. The van der Waals surface area contributed by atoms with Crippen LogP contribution in [-0.4, -0.2) is 18.0 Å². The van der Waals surface area contributed by atoms with Gasteiger partial charge in [-0.2, -0.15) is 0 Å². The molecule has 4 aromatic rings. The molecule has 0 aliphatic heterocycles. The molecule has 2 unspecified atom stereocenters. The number of ether oxygens (including phenoxy) is 4. The molecule has 0 spiro atoms. The fraction of sp³-hybridized carbons (Fsp3) is 0.333. The summed E-state index contributed by atoms with van der Waals surface area (Å²) in [6.45, 7) is 14.3. The molecule has 6 nitrogen and oxygen atoms in total. The number of carbonyl (C=O) groups is 2. The number of hydrogen-bond acceptors (Lipinski definition) is 6. The maximum atomic E-state index is 12.9. The van der Waals surface area contributed by atoms with Gasteiger partial charge in [0.15, 0.2) is 0 Å². The van der Waals surface area contributed by atoms with Crippen LogP contribution in [0.4, 0.5) is 0 Å². The van der Waals surface area contributed by atoms with Crippen LogP contribution in [0.2, 0.25) is 0 Å². The van der Waals surface area contributed by atoms with Crippen LogP contribution in [-0.2, 0) is 4.79 Å². The molecule has 4 aromatic carbocycles. The quantitative estimate of drug-likeness (QED) is 0.111. The molecule has 0 bridgehead atoms. The van der Waals surface area contributed by atoms with Crippen molar-refractivity contribution in [2.75, 3.05) is 0 Å². The summed E-state index contributed by atoms with van der Waals surface area (Å²) in [5, 5.41) is 0. The smallest absolute Gasteiger partial charge is 0.343 e. The van der Waals surface area contributed by atoms with Gasteiger partial charge in [0.05, 0.1) is 17.6 Å². The average molecular weight is 609 g/mol. The highest BCUT2D eigenvalue weighted by molar-refractivity contribution is 5.91. The third kappa shape index (κ3) is 8.75. The van der Waals surface area contributed by atoms with Gasteiger partial charge >= 0.3 is 11.9 Å². The van der Waals surface area contributed by atoms with Crippen LogP contribution in [0.5, 0.6) is 28.7 Å². The minimum Gasteiger partial charge on any atom is -0.490 e. The third-order valence-corrected chi connectivity index (χ3v) is 8.19. The molecule has 2 atom stereocenters. The standard InChI is InChI=1S/C39H44O6/c1-8-25(4)38(40)44-35-19-17-34(18-20-35)42-33-15-11-29(12-16-33)39(41)45-37-22-14-31(24-27(37)6)28(7)30-13-21-36(26(5)23-30)43-32(9-2)10-3/h11-25,28,32H,8-10H2,1-7H3. The van der Waals surface area contributed by atoms with Gasteiger partial charge in [-0.25, -0.2) is 4.79 Å². The Bertz CT molecular complexity index is 1590. The molecule has 45 heavy (non-hydrogen) atoms. The lowest BCUT2D eigenvalue weighted by Crippen LogP contribution is -2.16. The summed E-state index contributed by atoms with van der Waals surface area (Å²) in [6, 6.07) is 26.0. The SMILES string of the molecule is CCC(CC)Oc1ccc(C(C)c2ccc(OC(=O)c3ccc(Oc4ccc(OC(=O)C(C)CC)cc4)cc3)c(C)c2)cc1C. The van der Waals surface area contributed by atoms with E-state index in [9.17, 15) is 9.59 Å². The predicted molar refractivity (Wildman–Crippen MR) is 178 cm³/mol. The van der Waals surface area contributed by atoms with E-state index in [-0.39, 0.29) is 23.9 Å². The Morgan fingerprint density at radius 2 is 1.13 bits per heavy atom. The van der Waals surface area contributed by atoms with Crippen LogP contribution in [0, 0.1) is 19.8 Å². The summed E-state index contributed by atoms with van der Waals surface area (Å²) in [6.07, 6.45) is 2.92. The molecular weight excluding hydrogens is 564 g/mol. The summed E-state index contributed by atoms with van der Waals surface area (Å²) >= 11 is 0. The molecule has 4 rings (SSSR count). The topological polar surface area (TPSA) is 71.1 Å². The van der Waals surface area contributed by atoms with Crippen LogP contribution >= 0.6 is 0 Å². The molecule has 0 aromatic heterocycles. The largest absolute Gasteiger partial charge is 0.490 e. The molecule has 0 radical (unpaired) electrons. The van der Waals surface area contributed by atoms with Gasteiger partial charge in [-0.05, 0) is 116 Å². The first kappa shape index (κ1) is 33.3. The lowest BCUT2D eigenvalue weighted by Gasteiger charge is -2.20. The van der Waals surface area contributed by atoms with Gasteiger partial charge in [-0.15, -0.1) is 0 Å². The number of esters is 2. The maximum Gasteiger partial charge on any atom is 0.343 e. The zero-order valence-corrected chi connectivity index (χ0v) is 27.4. The highest BCUT2D eigenvalue weighted by atomic mass is 16.5. The second-order valence-electron chi connectivity index (χ2n) is 11.5. The Kier molecular flexibility index (Phi) is 11.4. The predicted octanol–water partition coefficient (Wildman–Crippen LogP) is 9.99. The van der Waals surface area contributed by atoms with Crippen molar-refractivity contribution in [1.82, 2.24) is 0 Å². The minimum atomic E-state index is -0.443. The maximum absolute atomic E-state index is 12.9. The summed E-state index contributed by atoms with van der Waals surface area (Å²) < 4.78 is 23.2. The molecule has 6 heteroatoms. The van der Waals surface area contributed by atoms with E-state index in [1.54, 1.807) is 48.5 Å². The van der Waals surface area contributed by atoms with Crippen molar-refractivity contribution in [1.29, 1.82) is 0 Å². The molecule has 0 fully saturated rings. The van der Waals surface area contributed by atoms with Crippen molar-refractivity contribution < 1.29 is 28.5 Å². The Morgan fingerprint density at radius 1 is 0.622 bits per heavy atom. The van der Waals surface area contributed by atoms with Crippen LogP contribution in [0.15, 0.2) is 84.9 Å². The summed E-state index contributed by atoms with van der Waals surface area (Å²) in [5.41, 5.74) is 4.78. The van der Waals surface area contributed by atoms with Gasteiger partial charge < -0.3 is 18.9 Å². The van der Waals surface area contributed by atoms with E-state index in [1.165, 1.54) is 5.56 Å². The van der Waals surface area contributed by atoms with Gasteiger partial charge in [0.1, 0.15) is 28.7 Å². The van der Waals surface area contributed by atoms with Gasteiger partial charge in [0.2, 0.25) is 0 Å². The summed E-state index contributed by atoms with van der Waals surface area (Å²) in [7, 11) is 0. The molecule has 0 heterocycles. The van der Waals surface area contributed by atoms with E-state index in [2.05, 4.69) is 52.0 Å². The van der Waals surface area contributed by atoms with Crippen LogP contribution in [0.3, 0.4) is 0 Å². The number of benzene rings is 4. The van der Waals surface area contributed by atoms with E-state index in [1.807, 2.05) is 32.9 Å². The lowest BCUT2D eigenvalue weighted by atomic mass is 9.91. The van der Waals surface area contributed by atoms with Crippen molar-refractivity contribution in [3.63, 3.8) is 0 Å². The van der Waals surface area contributed by atoms with Gasteiger partial charge in [-0.1, -0.05) is 58.9 Å². The summed E-state index contributed by atoms with van der Waals surface area (Å²) in [5.74, 6) is 2.39. The molecule has 0 aliphatic carbocycles. The van der Waals surface area contributed by atoms with E-state index in [0.29, 0.717) is 28.6 Å². The second kappa shape index (κ2) is 15.4. The molecule has 0 aliphatic rings. The fourth-order valence-electron chi connectivity index (χ4n) is 4.87. The number of rotatable bonds is 13. The lowest BCUT2D eigenvalue weighted by molar-refractivity contribution is -0.138. The van der Waals surface area contributed by atoms with Crippen molar-refractivity contribution >= 4 is 11.9 Å². The monoisotopic (exact) mass is 608 g/mol. The first-order valence-electron chi connectivity index (χ1n) is 15.8. The first-order valence-corrected chi connectivity index (χ1v) is 15.8. The zero-order chi connectivity index (χ0) is 32.5. The second-order valence-corrected chi connectivity index (χ2v) is 11.5. The normalized spacial score (nSPS) is 12.4. The first-order chi connectivity index (χ1) is 21.6. The fourth-order valence-corrected chi connectivity index (χ4v) is 4.87. The molecule has 0 N–H and O–H groups in total. The van der Waals surface area contributed by atoms with Gasteiger partial charge in [0.25, 0.3) is 0 Å². The molecular formula is C39H44O6. The molecule has 0 saturated carbocycles. The van der Waals surface area contributed by atoms with Gasteiger partial charge in [-0.3, -0.25) is 4.79 Å². The minimum absolute atomic E-state index is 0.156. The molecule has 0 saturated heterocycles. The van der Waals surface area contributed by atoms with Gasteiger partial charge in [0, 0.05) is 5.92 Å². The van der Waals surface area contributed by atoms with E-state index in [4.69, 9.17) is 18.9 Å².